The highest BCUT2D eigenvalue weighted by molar-refractivity contribution is 4.85. The van der Waals surface area contributed by atoms with E-state index in [4.69, 9.17) is 14.2 Å². The van der Waals surface area contributed by atoms with Crippen LogP contribution in [0, 0.1) is 5.41 Å². The molecule has 2 fully saturated rings. The molecule has 1 unspecified atom stereocenters. The van der Waals surface area contributed by atoms with Crippen molar-refractivity contribution in [3.63, 3.8) is 0 Å². The Bertz CT molecular complexity index is 263. The first kappa shape index (κ1) is 12.9. The normalized spacial score (nSPS) is 36.6. The Morgan fingerprint density at radius 1 is 1.41 bits per heavy atom. The molecule has 0 aromatic heterocycles. The van der Waals surface area contributed by atoms with Gasteiger partial charge in [0.1, 0.15) is 6.10 Å². The zero-order valence-electron chi connectivity index (χ0n) is 11.0. The van der Waals surface area contributed by atoms with Crippen LogP contribution in [0.3, 0.4) is 0 Å². The summed E-state index contributed by atoms with van der Waals surface area (Å²) in [7, 11) is 0. The van der Waals surface area contributed by atoms with Gasteiger partial charge >= 0.3 is 0 Å². The highest BCUT2D eigenvalue weighted by atomic mass is 16.6. The van der Waals surface area contributed by atoms with Gasteiger partial charge in [-0.05, 0) is 32.6 Å². The third kappa shape index (κ3) is 4.32. The van der Waals surface area contributed by atoms with Crippen LogP contribution in [0.5, 0.6) is 0 Å². The standard InChI is InChI=1S/C14H24O3/c1-11(2)17-10-14(3)6-4-12(5-7-14)15-8-13-9-16-13/h12-13H,1,4-10H2,2-3H3. The van der Waals surface area contributed by atoms with E-state index in [-0.39, 0.29) is 0 Å². The molecule has 0 aromatic carbocycles. The SMILES string of the molecule is C=C(C)OCC1(C)CCC(OCC2CO2)CC1. The van der Waals surface area contributed by atoms with Crippen LogP contribution in [0.15, 0.2) is 12.3 Å². The van der Waals surface area contributed by atoms with Crippen molar-refractivity contribution < 1.29 is 14.2 Å². The lowest BCUT2D eigenvalue weighted by molar-refractivity contribution is -0.0230. The van der Waals surface area contributed by atoms with Gasteiger partial charge in [-0.25, -0.2) is 0 Å². The van der Waals surface area contributed by atoms with Gasteiger partial charge in [0.05, 0.1) is 31.7 Å². The van der Waals surface area contributed by atoms with Gasteiger partial charge in [-0.2, -0.15) is 0 Å². The monoisotopic (exact) mass is 240 g/mol. The van der Waals surface area contributed by atoms with Gasteiger partial charge in [-0.3, -0.25) is 0 Å². The largest absolute Gasteiger partial charge is 0.498 e. The van der Waals surface area contributed by atoms with Gasteiger partial charge in [0.15, 0.2) is 0 Å². The van der Waals surface area contributed by atoms with Gasteiger partial charge in [0.25, 0.3) is 0 Å². The predicted molar refractivity (Wildman–Crippen MR) is 66.8 cm³/mol. The summed E-state index contributed by atoms with van der Waals surface area (Å²) < 4.78 is 16.6. The summed E-state index contributed by atoms with van der Waals surface area (Å²) in [6, 6.07) is 0. The minimum Gasteiger partial charge on any atom is -0.498 e. The van der Waals surface area contributed by atoms with Crippen molar-refractivity contribution in [1.29, 1.82) is 0 Å². The fourth-order valence-electron chi connectivity index (χ4n) is 2.30. The Kier molecular flexibility index (Phi) is 4.10. The summed E-state index contributed by atoms with van der Waals surface area (Å²) in [6.07, 6.45) is 5.45. The highest BCUT2D eigenvalue weighted by Crippen LogP contribution is 2.37. The average molecular weight is 240 g/mol. The van der Waals surface area contributed by atoms with Crippen molar-refractivity contribution in [2.75, 3.05) is 19.8 Å². The Hall–Kier alpha value is -0.540. The zero-order chi connectivity index (χ0) is 12.3. The molecule has 98 valence electrons. The molecule has 0 radical (unpaired) electrons. The van der Waals surface area contributed by atoms with Gasteiger partial charge in [0.2, 0.25) is 0 Å². The molecule has 1 aliphatic carbocycles. The molecule has 1 heterocycles. The maximum Gasteiger partial charge on any atom is 0.104 e. The summed E-state index contributed by atoms with van der Waals surface area (Å²) >= 11 is 0. The van der Waals surface area contributed by atoms with Crippen molar-refractivity contribution in [3.05, 3.63) is 12.3 Å². The molecular formula is C14H24O3. The molecule has 17 heavy (non-hydrogen) atoms. The number of allylic oxidation sites excluding steroid dienone is 1. The molecule has 0 spiro atoms. The Labute approximate surface area is 104 Å². The third-order valence-corrected chi connectivity index (χ3v) is 3.73. The predicted octanol–water partition coefficient (Wildman–Crippen LogP) is 2.90. The summed E-state index contributed by atoms with van der Waals surface area (Å²) in [5, 5.41) is 0. The molecule has 1 atom stereocenters. The molecule has 1 aliphatic heterocycles. The molecule has 3 heteroatoms. The lowest BCUT2D eigenvalue weighted by Gasteiger charge is -2.37. The highest BCUT2D eigenvalue weighted by Gasteiger charge is 2.33. The van der Waals surface area contributed by atoms with E-state index in [1.807, 2.05) is 6.92 Å². The molecule has 0 bridgehead atoms. The summed E-state index contributed by atoms with van der Waals surface area (Å²) in [5.41, 5.74) is 0.300. The number of epoxide rings is 1. The van der Waals surface area contributed by atoms with Crippen LogP contribution in [0.1, 0.15) is 39.5 Å². The molecule has 0 aromatic rings. The van der Waals surface area contributed by atoms with E-state index in [9.17, 15) is 0 Å². The minimum absolute atomic E-state index is 0.300. The second kappa shape index (κ2) is 5.40. The molecule has 3 nitrogen and oxygen atoms in total. The second-order valence-electron chi connectivity index (χ2n) is 5.79. The first-order valence-electron chi connectivity index (χ1n) is 6.59. The van der Waals surface area contributed by atoms with Crippen molar-refractivity contribution >= 4 is 0 Å². The number of rotatable bonds is 6. The van der Waals surface area contributed by atoms with Gasteiger partial charge < -0.3 is 14.2 Å². The van der Waals surface area contributed by atoms with Crippen LogP contribution >= 0.6 is 0 Å². The molecule has 0 amide bonds. The van der Waals surface area contributed by atoms with Crippen LogP contribution in [-0.4, -0.2) is 32.0 Å². The van der Waals surface area contributed by atoms with Crippen molar-refractivity contribution in [1.82, 2.24) is 0 Å². The van der Waals surface area contributed by atoms with Crippen LogP contribution in [0.25, 0.3) is 0 Å². The fourth-order valence-corrected chi connectivity index (χ4v) is 2.30. The van der Waals surface area contributed by atoms with E-state index in [0.29, 0.717) is 17.6 Å². The fraction of sp³-hybridized carbons (Fsp3) is 0.857. The number of hydrogen-bond donors (Lipinski definition) is 0. The van der Waals surface area contributed by atoms with Crippen molar-refractivity contribution in [3.8, 4) is 0 Å². The van der Waals surface area contributed by atoms with E-state index in [1.54, 1.807) is 0 Å². The smallest absolute Gasteiger partial charge is 0.104 e. The third-order valence-electron chi connectivity index (χ3n) is 3.73. The van der Waals surface area contributed by atoms with Crippen LogP contribution < -0.4 is 0 Å². The summed E-state index contributed by atoms with van der Waals surface area (Å²) in [6.45, 7) is 10.5. The molecule has 1 saturated carbocycles. The first-order chi connectivity index (χ1) is 8.07. The van der Waals surface area contributed by atoms with E-state index in [2.05, 4.69) is 13.5 Å². The molecule has 0 N–H and O–H groups in total. The number of hydrogen-bond acceptors (Lipinski definition) is 3. The average Bonchev–Trinajstić information content (AvgIpc) is 3.10. The quantitative estimate of drug-likeness (QED) is 0.528. The topological polar surface area (TPSA) is 31.0 Å². The van der Waals surface area contributed by atoms with Crippen LogP contribution in [0.4, 0.5) is 0 Å². The van der Waals surface area contributed by atoms with E-state index < -0.39 is 0 Å². The summed E-state index contributed by atoms with van der Waals surface area (Å²) in [4.78, 5) is 0. The van der Waals surface area contributed by atoms with Gasteiger partial charge in [-0.15, -0.1) is 0 Å². The summed E-state index contributed by atoms with van der Waals surface area (Å²) in [5.74, 6) is 0.815. The second-order valence-corrected chi connectivity index (χ2v) is 5.79. The van der Waals surface area contributed by atoms with E-state index in [1.165, 1.54) is 12.8 Å². The van der Waals surface area contributed by atoms with Gasteiger partial charge in [-0.1, -0.05) is 13.5 Å². The van der Waals surface area contributed by atoms with E-state index in [0.717, 1.165) is 38.4 Å². The van der Waals surface area contributed by atoms with Gasteiger partial charge in [0, 0.05) is 5.41 Å². The van der Waals surface area contributed by atoms with Crippen molar-refractivity contribution in [2.45, 2.75) is 51.7 Å². The van der Waals surface area contributed by atoms with E-state index >= 15 is 0 Å². The molecular weight excluding hydrogens is 216 g/mol. The lowest BCUT2D eigenvalue weighted by Crippen LogP contribution is -2.32. The first-order valence-corrected chi connectivity index (χ1v) is 6.59. The van der Waals surface area contributed by atoms with Crippen LogP contribution in [0.2, 0.25) is 0 Å². The Morgan fingerprint density at radius 2 is 2.06 bits per heavy atom. The zero-order valence-corrected chi connectivity index (χ0v) is 11.0. The Balaban J connectivity index is 1.66. The molecule has 2 rings (SSSR count). The number of ether oxygens (including phenoxy) is 3. The molecule has 1 saturated heterocycles. The lowest BCUT2D eigenvalue weighted by atomic mass is 9.75. The molecule has 2 aliphatic rings. The maximum atomic E-state index is 5.84. The Morgan fingerprint density at radius 3 is 2.59 bits per heavy atom. The minimum atomic E-state index is 0.300. The maximum absolute atomic E-state index is 5.84. The van der Waals surface area contributed by atoms with Crippen LogP contribution in [-0.2, 0) is 14.2 Å². The van der Waals surface area contributed by atoms with Crippen molar-refractivity contribution in [2.24, 2.45) is 5.41 Å².